The summed E-state index contributed by atoms with van der Waals surface area (Å²) in [5.41, 5.74) is 9.96. The first-order valence-electron chi connectivity index (χ1n) is 42.6. The topological polar surface area (TPSA) is 333 Å². The first-order chi connectivity index (χ1) is 61.6. The number of benzene rings is 3. The molecular formula is C92H95F6N25O3S2. The number of nitrogens with zero attached hydrogens (tertiary/aromatic N) is 17. The molecule has 660 valence electrons. The van der Waals surface area contributed by atoms with Gasteiger partial charge in [-0.1, -0.05) is 56.7 Å². The molecule has 11 aromatic heterocycles. The summed E-state index contributed by atoms with van der Waals surface area (Å²) in [5.74, 6) is 3.42. The van der Waals surface area contributed by atoms with Crippen molar-refractivity contribution in [3.8, 4) is 38.6 Å². The number of piperazine rings is 1. The number of nitrogens with one attached hydrogen (secondary N) is 8. The molecule has 8 N–H and O–H groups in total. The van der Waals surface area contributed by atoms with Crippen molar-refractivity contribution < 1.29 is 26.3 Å². The maximum absolute atomic E-state index is 14.1. The molecule has 3 aromatic carbocycles. The molecule has 5 aliphatic heterocycles. The van der Waals surface area contributed by atoms with Gasteiger partial charge in [0, 0.05) is 185 Å². The van der Waals surface area contributed by atoms with Crippen LogP contribution in [0.15, 0.2) is 172 Å². The Balaban J connectivity index is 0.000000135. The summed E-state index contributed by atoms with van der Waals surface area (Å²) >= 11 is 2.90. The fraction of sp³-hybridized carbons (Fsp3) is 0.348. The molecule has 20 rings (SSSR count). The molecule has 14 aromatic rings. The number of anilines is 7. The average Bonchev–Trinajstić information content (AvgIpc) is 1.06. The first kappa shape index (κ1) is 87.5. The van der Waals surface area contributed by atoms with Crippen LogP contribution < -0.4 is 64.1 Å². The second-order valence-corrected chi connectivity index (χ2v) is 34.3. The predicted octanol–water partition coefficient (Wildman–Crippen LogP) is 15.7. The number of rotatable bonds is 19. The maximum Gasteiger partial charge on any atom is 0.418 e. The zero-order valence-electron chi connectivity index (χ0n) is 69.8. The van der Waals surface area contributed by atoms with E-state index >= 15 is 0 Å². The molecule has 3 atom stereocenters. The average molecular weight is 1780 g/mol. The molecule has 0 amide bonds. The van der Waals surface area contributed by atoms with Crippen LogP contribution in [0.2, 0.25) is 0 Å². The van der Waals surface area contributed by atoms with Gasteiger partial charge in [-0.2, -0.15) is 41.3 Å². The van der Waals surface area contributed by atoms with Crippen molar-refractivity contribution in [1.29, 1.82) is 0 Å². The van der Waals surface area contributed by atoms with Crippen LogP contribution in [0.5, 0.6) is 0 Å². The summed E-state index contributed by atoms with van der Waals surface area (Å²) in [6.07, 6.45) is 14.4. The lowest BCUT2D eigenvalue weighted by molar-refractivity contribution is -0.140. The monoisotopic (exact) mass is 1780 g/mol. The van der Waals surface area contributed by atoms with Gasteiger partial charge in [0.2, 0.25) is 17.8 Å². The van der Waals surface area contributed by atoms with E-state index in [1.54, 1.807) is 57.9 Å². The van der Waals surface area contributed by atoms with Gasteiger partial charge in [-0.05, 0) is 187 Å². The van der Waals surface area contributed by atoms with Gasteiger partial charge in [0.15, 0.2) is 10.8 Å². The summed E-state index contributed by atoms with van der Waals surface area (Å²) in [4.78, 5) is 103. The van der Waals surface area contributed by atoms with E-state index in [2.05, 4.69) is 113 Å². The minimum atomic E-state index is -4.76. The van der Waals surface area contributed by atoms with E-state index < -0.39 is 30.0 Å². The highest BCUT2D eigenvalue weighted by atomic mass is 32.1. The minimum absolute atomic E-state index is 0. The Kier molecular flexibility index (Phi) is 26.1. The molecular weight excluding hydrogens is 1680 g/mol. The Morgan fingerprint density at radius 3 is 1.73 bits per heavy atom. The highest BCUT2D eigenvalue weighted by Gasteiger charge is 2.37. The summed E-state index contributed by atoms with van der Waals surface area (Å²) in [6.45, 7) is 12.8. The molecule has 28 nitrogen and oxygen atoms in total. The number of aryl methyl sites for hydroxylation is 3. The lowest BCUT2D eigenvalue weighted by atomic mass is 9.98. The van der Waals surface area contributed by atoms with Gasteiger partial charge in [0.1, 0.15) is 34.5 Å². The van der Waals surface area contributed by atoms with Crippen LogP contribution in [0.3, 0.4) is 0 Å². The summed E-state index contributed by atoms with van der Waals surface area (Å²) in [6, 6.07) is 29.0. The highest BCUT2D eigenvalue weighted by Crippen LogP contribution is 2.41. The second kappa shape index (κ2) is 38.2. The quantitative estimate of drug-likeness (QED) is 0.0349. The molecule has 6 aliphatic rings. The first-order valence-corrected chi connectivity index (χ1v) is 44.4. The molecule has 3 unspecified atom stereocenters. The molecule has 128 heavy (non-hydrogen) atoms. The Labute approximate surface area is 740 Å². The van der Waals surface area contributed by atoms with Crippen LogP contribution in [0.1, 0.15) is 145 Å². The zero-order valence-corrected chi connectivity index (χ0v) is 71.4. The molecule has 4 saturated heterocycles. The summed E-state index contributed by atoms with van der Waals surface area (Å²) in [7, 11) is 0. The molecule has 16 heterocycles. The maximum atomic E-state index is 14.1. The van der Waals surface area contributed by atoms with Gasteiger partial charge in [-0.15, -0.1) is 22.7 Å². The minimum Gasteiger partial charge on any atom is -0.368 e. The van der Waals surface area contributed by atoms with Crippen molar-refractivity contribution in [3.63, 3.8) is 0 Å². The third-order valence-electron chi connectivity index (χ3n) is 23.9. The normalized spacial score (nSPS) is 17.3. The van der Waals surface area contributed by atoms with Crippen molar-refractivity contribution in [2.75, 3.05) is 92.8 Å². The van der Waals surface area contributed by atoms with E-state index in [1.807, 2.05) is 73.4 Å². The Morgan fingerprint density at radius 2 is 1.11 bits per heavy atom. The van der Waals surface area contributed by atoms with Gasteiger partial charge >= 0.3 is 12.4 Å². The van der Waals surface area contributed by atoms with Crippen LogP contribution in [-0.4, -0.2) is 157 Å². The molecule has 36 heteroatoms. The Morgan fingerprint density at radius 1 is 0.500 bits per heavy atom. The van der Waals surface area contributed by atoms with E-state index in [9.17, 15) is 40.7 Å². The van der Waals surface area contributed by atoms with E-state index in [1.165, 1.54) is 76.6 Å². The summed E-state index contributed by atoms with van der Waals surface area (Å²) < 4.78 is 87.1. The molecule has 0 bridgehead atoms. The number of pyridine rings is 4. The van der Waals surface area contributed by atoms with E-state index in [-0.39, 0.29) is 64.4 Å². The second-order valence-electron chi connectivity index (χ2n) is 32.5. The van der Waals surface area contributed by atoms with E-state index in [0.29, 0.717) is 106 Å². The highest BCUT2D eigenvalue weighted by molar-refractivity contribution is 7.12. The van der Waals surface area contributed by atoms with E-state index in [4.69, 9.17) is 24.9 Å². The molecule has 5 fully saturated rings. The number of alkyl halides is 6. The molecule has 0 radical (unpaired) electrons. The van der Waals surface area contributed by atoms with E-state index in [0.717, 1.165) is 158 Å². The molecule has 1 saturated carbocycles. The number of aromatic nitrogens is 16. The van der Waals surface area contributed by atoms with Gasteiger partial charge in [0.25, 0.3) is 16.7 Å². The SMILES string of the molecule is C.Cc1cnc(C2CCNC2)nc1-c1cc2cnc(Nc3ccc(C4CCNC4)cc3)nc2n(-c2nccs2)c1=O.Cc1nc(C2CCCC2)ncc1-c1cc2cnc(Nc3ccc(C4=CCNCC4)cc3)nc2n(Cc2nccs2)c1=O.Cc1nc(C2CCCN2)ccc1-c1cc2cnc(Nc3ccc(N4CCNCC4)c(C(F)(F)F)c3)nc2n(CC(F)(F)F)c1=O. The van der Waals surface area contributed by atoms with Gasteiger partial charge in [-0.3, -0.25) is 28.5 Å². The van der Waals surface area contributed by atoms with Crippen LogP contribution in [-0.2, 0) is 19.3 Å². The number of hydrogen-bond acceptors (Lipinski definition) is 27. The number of halogens is 6. The van der Waals surface area contributed by atoms with Gasteiger partial charge in [0.05, 0.1) is 34.6 Å². The fourth-order valence-electron chi connectivity index (χ4n) is 17.4. The summed E-state index contributed by atoms with van der Waals surface area (Å²) in [5, 5.41) is 32.6. The Hall–Kier alpha value is -12.6. The van der Waals surface area contributed by atoms with Crippen molar-refractivity contribution >= 4 is 102 Å². The van der Waals surface area contributed by atoms with Gasteiger partial charge < -0.3 is 47.4 Å². The number of thiazole rings is 2. The van der Waals surface area contributed by atoms with Crippen molar-refractivity contribution in [1.82, 2.24) is 105 Å². The van der Waals surface area contributed by atoms with Crippen molar-refractivity contribution in [3.05, 3.63) is 244 Å². The van der Waals surface area contributed by atoms with Gasteiger partial charge in [-0.25, -0.2) is 49.4 Å². The standard InChI is InChI=1S/C32H32N8OS.C30H30F6N8O.C29H29N9OS.CH4/c1-20-27(18-35-29(37-20)23-4-2-3-5-23)26-16-24-17-36-32(39-30(24)40(31(26)41)19-28-34-14-15-42-28)38-25-8-6-21(7-9-25)22-10-12-33-13-11-22;1-17-20(5-6-24(40-17)23-3-2-8-38-23)21-13-18-15-39-28(42-26(18)44(27(21)45)16-29(31,32)33)41-19-4-7-25(22(14-19)30(34,35)36)43-11-9-37-10-12-43;1-17-13-33-25(20-7-9-31-15-20)36-24(17)23-12-21-16-34-28(37-26(21)38(27(23)39)29-32-10-11-40-29)35-22-4-2-18(3-5-22)19-6-8-30-14-19;/h6-10,14-18,23,33H,2-5,11-13,19H2,1H3,(H,36,38,39);4-7,13-15,23,37-38H,2-3,8-12,16H2,1H3,(H,39,41,42);2-5,10-13,16,19-20,30-31H,6-9,14-15H2,1H3,(H,34,35,37);1H4. The Bertz CT molecular complexity index is 6580. The lowest BCUT2D eigenvalue weighted by Gasteiger charge is -2.31. The fourth-order valence-corrected chi connectivity index (χ4v) is 18.6. The zero-order chi connectivity index (χ0) is 87.5. The predicted molar refractivity (Wildman–Crippen MR) is 488 cm³/mol. The lowest BCUT2D eigenvalue weighted by Crippen LogP contribution is -2.44. The van der Waals surface area contributed by atoms with Crippen LogP contribution in [0.25, 0.3) is 77.3 Å². The smallest absolute Gasteiger partial charge is 0.368 e. The van der Waals surface area contributed by atoms with Crippen LogP contribution in [0.4, 0.5) is 66.9 Å². The van der Waals surface area contributed by atoms with Crippen LogP contribution in [0, 0.1) is 20.8 Å². The third-order valence-corrected chi connectivity index (χ3v) is 25.4. The third kappa shape index (κ3) is 19.5. The van der Waals surface area contributed by atoms with Crippen molar-refractivity contribution in [2.45, 2.75) is 135 Å². The number of hydrogen-bond donors (Lipinski definition) is 8. The molecule has 0 spiro atoms. The molecule has 1 aliphatic carbocycles. The van der Waals surface area contributed by atoms with Crippen molar-refractivity contribution in [2.24, 2.45) is 0 Å². The number of fused-ring (bicyclic) bond motifs is 3. The van der Waals surface area contributed by atoms with Crippen LogP contribution >= 0.6 is 22.7 Å². The largest absolute Gasteiger partial charge is 0.418 e.